The third-order valence-electron chi connectivity index (χ3n) is 2.26. The minimum atomic E-state index is -0.917. The Kier molecular flexibility index (Phi) is 4.51. The average molecular weight is 220 g/mol. The van der Waals surface area contributed by atoms with Crippen LogP contribution in [0.5, 0.6) is 0 Å². The van der Waals surface area contributed by atoms with E-state index < -0.39 is 11.8 Å². The lowest BCUT2D eigenvalue weighted by molar-refractivity contribution is -0.135. The maximum absolute atomic E-state index is 11.6. The molecule has 0 saturated heterocycles. The number of anilines is 1. The number of hydrogen-bond donors (Lipinski definition) is 1. The predicted molar refractivity (Wildman–Crippen MR) is 62.9 cm³/mol. The van der Waals surface area contributed by atoms with Crippen LogP contribution in [0.15, 0.2) is 30.3 Å². The third-order valence-corrected chi connectivity index (χ3v) is 2.26. The van der Waals surface area contributed by atoms with Crippen LogP contribution in [0.3, 0.4) is 0 Å². The lowest BCUT2D eigenvalue weighted by Crippen LogP contribution is -2.41. The number of carbonyl (C=O) groups is 2. The van der Waals surface area contributed by atoms with E-state index in [9.17, 15) is 9.59 Å². The zero-order valence-corrected chi connectivity index (χ0v) is 9.35. The molecule has 0 atom stereocenters. The number of rotatable bonds is 4. The van der Waals surface area contributed by atoms with Crippen molar-refractivity contribution in [1.29, 1.82) is 0 Å². The fourth-order valence-electron chi connectivity index (χ4n) is 1.41. The van der Waals surface area contributed by atoms with E-state index in [4.69, 9.17) is 5.73 Å². The Morgan fingerprint density at radius 1 is 1.25 bits per heavy atom. The summed E-state index contributed by atoms with van der Waals surface area (Å²) in [6.07, 6.45) is 1.79. The molecule has 0 heterocycles. The summed E-state index contributed by atoms with van der Waals surface area (Å²) in [5, 5.41) is 0. The van der Waals surface area contributed by atoms with Crippen LogP contribution in [0.25, 0.3) is 0 Å². The first-order valence-electron chi connectivity index (χ1n) is 5.33. The maximum atomic E-state index is 11.6. The summed E-state index contributed by atoms with van der Waals surface area (Å²) in [7, 11) is 0. The highest BCUT2D eigenvalue weighted by Crippen LogP contribution is 2.14. The number of primary amides is 1. The molecule has 86 valence electrons. The summed E-state index contributed by atoms with van der Waals surface area (Å²) in [4.78, 5) is 23.9. The molecule has 0 aromatic heterocycles. The second-order valence-electron chi connectivity index (χ2n) is 3.51. The summed E-state index contributed by atoms with van der Waals surface area (Å²) in [5.74, 6) is -1.57. The Balaban J connectivity index is 2.87. The molecule has 0 aliphatic heterocycles. The molecule has 4 heteroatoms. The molecule has 1 rings (SSSR count). The maximum Gasteiger partial charge on any atom is 0.316 e. The van der Waals surface area contributed by atoms with Gasteiger partial charge in [0.05, 0.1) is 0 Å². The van der Waals surface area contributed by atoms with E-state index in [-0.39, 0.29) is 0 Å². The van der Waals surface area contributed by atoms with Crippen LogP contribution in [-0.4, -0.2) is 18.4 Å². The summed E-state index contributed by atoms with van der Waals surface area (Å²) in [6.45, 7) is 2.54. The molecule has 16 heavy (non-hydrogen) atoms. The highest BCUT2D eigenvalue weighted by molar-refractivity contribution is 6.39. The second-order valence-corrected chi connectivity index (χ2v) is 3.51. The van der Waals surface area contributed by atoms with Crippen LogP contribution in [0, 0.1) is 0 Å². The number of amides is 2. The van der Waals surface area contributed by atoms with Gasteiger partial charge in [0.15, 0.2) is 0 Å². The summed E-state index contributed by atoms with van der Waals surface area (Å²) in [6, 6.07) is 9.08. The van der Waals surface area contributed by atoms with Gasteiger partial charge in [-0.3, -0.25) is 9.59 Å². The zero-order chi connectivity index (χ0) is 12.0. The van der Waals surface area contributed by atoms with E-state index in [2.05, 4.69) is 0 Å². The normalized spacial score (nSPS) is 9.81. The molecular formula is C12H16N2O2. The standard InChI is InChI=1S/C12H16N2O2/c1-2-3-9-14(12(16)11(13)15)10-7-5-4-6-8-10/h4-8H,2-3,9H2,1H3,(H2,13,15). The van der Waals surface area contributed by atoms with Gasteiger partial charge in [0.2, 0.25) is 0 Å². The van der Waals surface area contributed by atoms with Crippen molar-refractivity contribution in [3.63, 3.8) is 0 Å². The van der Waals surface area contributed by atoms with Gasteiger partial charge in [-0.25, -0.2) is 0 Å². The Morgan fingerprint density at radius 2 is 1.88 bits per heavy atom. The molecule has 0 aliphatic carbocycles. The van der Waals surface area contributed by atoms with Gasteiger partial charge in [0.25, 0.3) is 0 Å². The molecule has 2 amide bonds. The minimum absolute atomic E-state index is 0.516. The zero-order valence-electron chi connectivity index (χ0n) is 9.35. The quantitative estimate of drug-likeness (QED) is 0.777. The van der Waals surface area contributed by atoms with Gasteiger partial charge in [-0.1, -0.05) is 31.5 Å². The van der Waals surface area contributed by atoms with Crippen LogP contribution in [0.1, 0.15) is 19.8 Å². The average Bonchev–Trinajstić information content (AvgIpc) is 2.30. The van der Waals surface area contributed by atoms with Crippen LogP contribution >= 0.6 is 0 Å². The first kappa shape index (κ1) is 12.2. The first-order chi connectivity index (χ1) is 7.66. The van der Waals surface area contributed by atoms with Gasteiger partial charge >= 0.3 is 11.8 Å². The van der Waals surface area contributed by atoms with Crippen LogP contribution in [-0.2, 0) is 9.59 Å². The lowest BCUT2D eigenvalue weighted by Gasteiger charge is -2.20. The minimum Gasteiger partial charge on any atom is -0.361 e. The van der Waals surface area contributed by atoms with Crippen LogP contribution in [0.2, 0.25) is 0 Å². The predicted octanol–water partition coefficient (Wildman–Crippen LogP) is 1.30. The molecule has 1 aromatic rings. The van der Waals surface area contributed by atoms with Gasteiger partial charge in [0, 0.05) is 12.2 Å². The molecule has 0 unspecified atom stereocenters. The molecule has 0 fully saturated rings. The monoisotopic (exact) mass is 220 g/mol. The fourth-order valence-corrected chi connectivity index (χ4v) is 1.41. The largest absolute Gasteiger partial charge is 0.361 e. The highest BCUT2D eigenvalue weighted by atomic mass is 16.2. The Hall–Kier alpha value is -1.84. The number of hydrogen-bond acceptors (Lipinski definition) is 2. The van der Waals surface area contributed by atoms with Crippen molar-refractivity contribution in [3.8, 4) is 0 Å². The smallest absolute Gasteiger partial charge is 0.316 e. The van der Waals surface area contributed by atoms with Gasteiger partial charge in [0.1, 0.15) is 0 Å². The van der Waals surface area contributed by atoms with Gasteiger partial charge < -0.3 is 10.6 Å². The molecule has 4 nitrogen and oxygen atoms in total. The van der Waals surface area contributed by atoms with Crippen LogP contribution in [0.4, 0.5) is 5.69 Å². The van der Waals surface area contributed by atoms with Gasteiger partial charge in [-0.05, 0) is 18.6 Å². The van der Waals surface area contributed by atoms with Crippen molar-refractivity contribution in [2.75, 3.05) is 11.4 Å². The summed E-state index contributed by atoms with van der Waals surface area (Å²) < 4.78 is 0. The molecule has 2 N–H and O–H groups in total. The number of nitrogens with zero attached hydrogens (tertiary/aromatic N) is 1. The first-order valence-corrected chi connectivity index (χ1v) is 5.33. The van der Waals surface area contributed by atoms with Crippen molar-refractivity contribution in [1.82, 2.24) is 0 Å². The van der Waals surface area contributed by atoms with E-state index in [0.717, 1.165) is 12.8 Å². The lowest BCUT2D eigenvalue weighted by atomic mass is 10.2. The molecule has 1 aromatic carbocycles. The van der Waals surface area contributed by atoms with Crippen molar-refractivity contribution in [3.05, 3.63) is 30.3 Å². The van der Waals surface area contributed by atoms with Gasteiger partial charge in [-0.2, -0.15) is 0 Å². The number of benzene rings is 1. The van der Waals surface area contributed by atoms with Crippen molar-refractivity contribution < 1.29 is 9.59 Å². The topological polar surface area (TPSA) is 63.4 Å². The van der Waals surface area contributed by atoms with Crippen LogP contribution < -0.4 is 10.6 Å². The van der Waals surface area contributed by atoms with E-state index in [1.165, 1.54) is 4.90 Å². The number of nitrogens with two attached hydrogens (primary N) is 1. The number of para-hydroxylation sites is 1. The van der Waals surface area contributed by atoms with Crippen molar-refractivity contribution in [2.45, 2.75) is 19.8 Å². The fraction of sp³-hybridized carbons (Fsp3) is 0.333. The summed E-state index contributed by atoms with van der Waals surface area (Å²) in [5.41, 5.74) is 5.72. The number of carbonyl (C=O) groups excluding carboxylic acids is 2. The molecule has 0 radical (unpaired) electrons. The Labute approximate surface area is 95.0 Å². The van der Waals surface area contributed by atoms with Crippen molar-refractivity contribution in [2.24, 2.45) is 5.73 Å². The van der Waals surface area contributed by atoms with E-state index in [1.54, 1.807) is 12.1 Å². The molecule has 0 bridgehead atoms. The number of unbranched alkanes of at least 4 members (excludes halogenated alkanes) is 1. The summed E-state index contributed by atoms with van der Waals surface area (Å²) >= 11 is 0. The molecular weight excluding hydrogens is 204 g/mol. The Morgan fingerprint density at radius 3 is 2.38 bits per heavy atom. The van der Waals surface area contributed by atoms with E-state index in [1.807, 2.05) is 25.1 Å². The van der Waals surface area contributed by atoms with Crippen molar-refractivity contribution >= 4 is 17.5 Å². The van der Waals surface area contributed by atoms with Gasteiger partial charge in [-0.15, -0.1) is 0 Å². The van der Waals surface area contributed by atoms with E-state index >= 15 is 0 Å². The van der Waals surface area contributed by atoms with E-state index in [0.29, 0.717) is 12.2 Å². The molecule has 0 spiro atoms. The highest BCUT2D eigenvalue weighted by Gasteiger charge is 2.19. The molecule has 0 aliphatic rings. The SMILES string of the molecule is CCCCN(C(=O)C(N)=O)c1ccccc1. The second kappa shape index (κ2) is 5.90. The molecule has 0 saturated carbocycles. The Bertz CT molecular complexity index is 363. The third kappa shape index (κ3) is 3.08.